The number of imide groups is 2. The van der Waals surface area contributed by atoms with Gasteiger partial charge < -0.3 is 45.2 Å². The van der Waals surface area contributed by atoms with E-state index in [0.29, 0.717) is 131 Å². The lowest BCUT2D eigenvalue weighted by Crippen LogP contribution is -2.66. The molecule has 11 aromatic rings. The molecule has 2 unspecified atom stereocenters. The standard InChI is InChI=1S/C17H20ClN5O2.C16H18ClN5O2.C16H23N5O3S.C15H15ClN4S.C14H17ClN4O3S/c1-10(2)23-15(24)17(20-16(23)25)3-5-22(6-4-17)14-8-11(18)7-13-12(14)9-19-21-13;1-2-22-14(23)16(19-15(22)24)3-5-21(6-4-16)13-8-10(17)7-12-11(13)9-18-20-12;1-11(22)18-12-7-14-13(9-17-19-14)15(8-12)20-5-6-21(25(4,23)24)16(2,3)10-20;16-11-7-13-12(9-18-19-13)14(8-11)20-4-1-10(2-5-20)15-17-3-6-21-15;1-23(20,21)19-10-5-18(6-11(19)8-22-7-10)14-3-9(15)2-13-12(14)4-16-17-13/h7-10H,3-6H2,1-2H3,(H,19,21)(H,20,25);7-9H,2-6H2,1H3,(H,18,20)(H,19,24);7-9H,5-6,10H2,1-4H3,(H,17,19)(H,18,22);3,6-10H,1-2,4-5H2,(H,18,19);2-4,10-11H,5-8H2,1H3,(H,16,17). The third kappa shape index (κ3) is 17.0. The van der Waals surface area contributed by atoms with Crippen LogP contribution in [0.4, 0.5) is 43.7 Å². The molecule has 8 saturated heterocycles. The van der Waals surface area contributed by atoms with Crippen LogP contribution >= 0.6 is 57.7 Å². The van der Waals surface area contributed by atoms with Gasteiger partial charge in [-0.3, -0.25) is 49.7 Å². The van der Waals surface area contributed by atoms with Gasteiger partial charge in [0.1, 0.15) is 11.1 Å². The maximum Gasteiger partial charge on any atom is 0.325 e. The van der Waals surface area contributed by atoms with Gasteiger partial charge in [0.05, 0.1) is 101 Å². The molecule has 8 aliphatic heterocycles. The first kappa shape index (κ1) is 83.4. The lowest BCUT2D eigenvalue weighted by Gasteiger charge is -2.49. The fraction of sp³-hybridized carbons (Fsp3) is 0.449. The minimum Gasteiger partial charge on any atom is -0.378 e. The van der Waals surface area contributed by atoms with E-state index in [2.05, 4.69) is 102 Å². The largest absolute Gasteiger partial charge is 0.378 e. The van der Waals surface area contributed by atoms with E-state index >= 15 is 0 Å². The van der Waals surface area contributed by atoms with Crippen LogP contribution in [0.3, 0.4) is 0 Å². The van der Waals surface area contributed by atoms with Crippen molar-refractivity contribution in [1.82, 2.24) is 85.0 Å². The maximum absolute atomic E-state index is 12.8. The SMILES string of the molecule is CC(=O)Nc1cc(N2CCN(S(C)(=O)=O)C(C)(C)C2)c2cn[nH]c2c1.CC(C)N1C(=O)NC2(CCN(c3cc(Cl)cc4[nH]ncc34)CC2)C1=O.CCN1C(=O)NC2(CCN(c3cc(Cl)cc4[nH]ncc34)CC2)C1=O.CS(=O)(=O)N1C2COCC1CN(c1cc(Cl)cc3[nH]ncc13)C2.Clc1cc(N2CCC(c3nccs3)CC2)c2cn[nH]c2c1. The average Bonchev–Trinajstić information content (AvgIpc) is 1.42. The van der Waals surface area contributed by atoms with Crippen molar-refractivity contribution in [3.63, 3.8) is 0 Å². The summed E-state index contributed by atoms with van der Waals surface area (Å²) < 4.78 is 56.9. The number of benzene rings is 5. The monoisotopic (exact) mass is 1750 g/mol. The number of carbonyl (C=O) groups excluding carboxylic acids is 5. The fourth-order valence-electron chi connectivity index (χ4n) is 17.8. The molecule has 2 spiro atoms. The van der Waals surface area contributed by atoms with E-state index in [0.717, 1.165) is 108 Å². The molecular weight excluding hydrogens is 1660 g/mol. The third-order valence-electron chi connectivity index (χ3n) is 23.2. The van der Waals surface area contributed by atoms with Gasteiger partial charge in [0.15, 0.2) is 0 Å². The highest BCUT2D eigenvalue weighted by Crippen LogP contribution is 2.42. The molecule has 2 bridgehead atoms. The smallest absolute Gasteiger partial charge is 0.325 e. The zero-order valence-electron chi connectivity index (χ0n) is 66.3. The Kier molecular flexibility index (Phi) is 23.7. The van der Waals surface area contributed by atoms with Gasteiger partial charge in [-0.25, -0.2) is 31.4 Å². The molecule has 19 rings (SSSR count). The van der Waals surface area contributed by atoms with E-state index in [1.54, 1.807) is 44.7 Å². The van der Waals surface area contributed by atoms with Crippen molar-refractivity contribution < 1.29 is 45.5 Å². The number of nitrogens with zero attached hydrogens (tertiary/aromatic N) is 15. The van der Waals surface area contributed by atoms with Crippen LogP contribution in [0.2, 0.25) is 20.1 Å². The lowest BCUT2D eigenvalue weighted by atomic mass is 9.87. The first-order chi connectivity index (χ1) is 56.3. The number of fused-ring (bicyclic) bond motifs is 7. The number of carbonyl (C=O) groups is 5. The Balaban J connectivity index is 0.000000115. The summed E-state index contributed by atoms with van der Waals surface area (Å²) in [5.74, 6) is 0.244. The number of rotatable bonds is 11. The summed E-state index contributed by atoms with van der Waals surface area (Å²) >= 11 is 26.6. The number of nitrogens with one attached hydrogen (secondary N) is 8. The summed E-state index contributed by atoms with van der Waals surface area (Å²) in [4.78, 5) is 79.2. The number of ether oxygens (including phenoxy) is 1. The number of piperidine rings is 3. The van der Waals surface area contributed by atoms with Gasteiger partial charge in [-0.1, -0.05) is 46.4 Å². The number of hydrogen-bond acceptors (Lipinski definition) is 22. The second-order valence-electron chi connectivity index (χ2n) is 31.9. The van der Waals surface area contributed by atoms with Crippen LogP contribution in [-0.2, 0) is 39.2 Å². The van der Waals surface area contributed by atoms with E-state index in [1.165, 1.54) is 39.9 Å². The lowest BCUT2D eigenvalue weighted by molar-refractivity contribution is -0.133. The summed E-state index contributed by atoms with van der Waals surface area (Å²) in [5, 5.41) is 55.0. The minimum atomic E-state index is -3.26. The molecular formula is C78H93Cl4N23O10S3. The van der Waals surface area contributed by atoms with Crippen molar-refractivity contribution in [1.29, 1.82) is 0 Å². The van der Waals surface area contributed by atoms with E-state index in [9.17, 15) is 40.8 Å². The second kappa shape index (κ2) is 33.5. The van der Waals surface area contributed by atoms with E-state index in [4.69, 9.17) is 51.1 Å². The normalized spacial score (nSPS) is 20.3. The molecule has 2 atom stereocenters. The van der Waals surface area contributed by atoms with Crippen molar-refractivity contribution in [2.75, 3.05) is 134 Å². The summed E-state index contributed by atoms with van der Waals surface area (Å²) in [6, 6.07) is 17.9. The molecule has 7 amide bonds. The van der Waals surface area contributed by atoms with Gasteiger partial charge in [0.25, 0.3) is 11.8 Å². The summed E-state index contributed by atoms with van der Waals surface area (Å²) in [6.45, 7) is 19.5. The first-order valence-electron chi connectivity index (χ1n) is 39.0. The summed E-state index contributed by atoms with van der Waals surface area (Å²) in [7, 11) is -6.51. The number of thiazole rings is 1. The van der Waals surface area contributed by atoms with Crippen LogP contribution in [0.25, 0.3) is 54.5 Å². The number of anilines is 6. The number of H-pyrrole nitrogens is 5. The molecule has 6 aromatic heterocycles. The highest BCUT2D eigenvalue weighted by atomic mass is 35.5. The van der Waals surface area contributed by atoms with Crippen molar-refractivity contribution in [2.45, 2.75) is 121 Å². The molecule has 0 saturated carbocycles. The number of aromatic amines is 5. The Morgan fingerprint density at radius 2 is 0.966 bits per heavy atom. The number of sulfonamides is 2. The molecule has 118 heavy (non-hydrogen) atoms. The zero-order valence-corrected chi connectivity index (χ0v) is 71.8. The van der Waals surface area contributed by atoms with Gasteiger partial charge in [-0.15, -0.1) is 11.3 Å². The number of aromatic nitrogens is 11. The number of likely N-dealkylation sites (N-methyl/N-ethyl adjacent to an activating group) is 1. The summed E-state index contributed by atoms with van der Waals surface area (Å²) in [6.07, 6.45) is 18.0. The van der Waals surface area contributed by atoms with Gasteiger partial charge in [0.2, 0.25) is 26.0 Å². The van der Waals surface area contributed by atoms with E-state index < -0.39 is 36.7 Å². The molecule has 626 valence electrons. The molecule has 0 aliphatic carbocycles. The second-order valence-corrected chi connectivity index (χ2v) is 38.4. The van der Waals surface area contributed by atoms with E-state index in [1.807, 2.05) is 108 Å². The Labute approximate surface area is 705 Å². The van der Waals surface area contributed by atoms with Crippen LogP contribution < -0.4 is 40.4 Å². The van der Waals surface area contributed by atoms with Gasteiger partial charge in [-0.2, -0.15) is 34.1 Å². The van der Waals surface area contributed by atoms with Crippen LogP contribution in [0, 0.1) is 0 Å². The first-order valence-corrected chi connectivity index (χ1v) is 45.1. The molecule has 8 N–H and O–H groups in total. The predicted molar refractivity (Wildman–Crippen MR) is 461 cm³/mol. The molecule has 8 aliphatic rings. The molecule has 40 heteroatoms. The number of urea groups is 2. The number of piperazine rings is 2. The zero-order chi connectivity index (χ0) is 83.5. The molecule has 14 heterocycles. The van der Waals surface area contributed by atoms with E-state index in [-0.39, 0.29) is 47.9 Å². The average molecular weight is 1750 g/mol. The predicted octanol–water partition coefficient (Wildman–Crippen LogP) is 11.1. The Bertz CT molecular complexity index is 5820. The molecule has 8 fully saturated rings. The van der Waals surface area contributed by atoms with Crippen molar-refractivity contribution in [3.8, 4) is 0 Å². The molecule has 33 nitrogen and oxygen atoms in total. The Hall–Kier alpha value is -9.63. The number of hydrogen-bond donors (Lipinski definition) is 8. The van der Waals surface area contributed by atoms with Crippen LogP contribution in [-0.4, -0.2) is 260 Å². The topological polar surface area (TPSA) is 384 Å². The van der Waals surface area contributed by atoms with Crippen molar-refractivity contribution in [2.24, 2.45) is 0 Å². The Morgan fingerprint density at radius 1 is 0.551 bits per heavy atom. The minimum absolute atomic E-state index is 0.103. The van der Waals surface area contributed by atoms with Crippen LogP contribution in [0.15, 0.2) is 103 Å². The number of morpholine rings is 1. The maximum atomic E-state index is 12.8. The fourth-order valence-corrected chi connectivity index (χ4v) is 22.1. The summed E-state index contributed by atoms with van der Waals surface area (Å²) in [5.41, 5.74) is 8.20. The number of amides is 7. The highest BCUT2D eigenvalue weighted by molar-refractivity contribution is 7.88. The molecule has 5 aromatic carbocycles. The number of halogens is 4. The third-order valence-corrected chi connectivity index (χ3v) is 27.8. The van der Waals surface area contributed by atoms with Crippen LogP contribution in [0.5, 0.6) is 0 Å². The van der Waals surface area contributed by atoms with Gasteiger partial charge >= 0.3 is 12.1 Å². The molecule has 0 radical (unpaired) electrons. The highest BCUT2D eigenvalue weighted by Gasteiger charge is 2.54. The van der Waals surface area contributed by atoms with Gasteiger partial charge in [-0.05, 0) is 134 Å². The quantitative estimate of drug-likeness (QED) is 0.0558. The van der Waals surface area contributed by atoms with Gasteiger partial charge in [0, 0.05) is 196 Å². The Morgan fingerprint density at radius 3 is 1.35 bits per heavy atom. The van der Waals surface area contributed by atoms with Crippen molar-refractivity contribution >= 4 is 196 Å². The van der Waals surface area contributed by atoms with Crippen LogP contribution in [0.1, 0.15) is 91.0 Å². The van der Waals surface area contributed by atoms with Crippen molar-refractivity contribution in [3.05, 3.63) is 128 Å².